The van der Waals surface area contributed by atoms with Gasteiger partial charge < -0.3 is 20.9 Å². The van der Waals surface area contributed by atoms with Gasteiger partial charge in [0, 0.05) is 31.0 Å². The van der Waals surface area contributed by atoms with Crippen molar-refractivity contribution in [2.45, 2.75) is 82.7 Å². The number of hydrogen-bond acceptors (Lipinski definition) is 7. The molecule has 1 saturated carbocycles. The van der Waals surface area contributed by atoms with Gasteiger partial charge in [0.1, 0.15) is 15.6 Å². The summed E-state index contributed by atoms with van der Waals surface area (Å²) in [4.78, 5) is 13.1. The number of benzene rings is 1. The van der Waals surface area contributed by atoms with Gasteiger partial charge in [0.25, 0.3) is 5.91 Å². The fraction of sp³-hybridized carbons (Fsp3) is 0.615. The van der Waals surface area contributed by atoms with E-state index in [1.165, 1.54) is 16.8 Å². The molecule has 1 heterocycles. The Labute approximate surface area is 245 Å². The summed E-state index contributed by atoms with van der Waals surface area (Å²) in [5.74, 6) is -1.27. The minimum Gasteiger partial charge on any atom is -0.434 e. The number of nitrogens with zero attached hydrogens (tertiary/aromatic N) is 2. The number of carbonyl (C=O) groups excluding carboxylic acids is 1. The lowest BCUT2D eigenvalue weighted by Crippen LogP contribution is -2.59. The van der Waals surface area contributed by atoms with Crippen LogP contribution in [0, 0.1) is 5.41 Å². The molecule has 3 atom stereocenters. The highest BCUT2D eigenvalue weighted by Crippen LogP contribution is 2.43. The summed E-state index contributed by atoms with van der Waals surface area (Å²) >= 11 is 6.52. The van der Waals surface area contributed by atoms with Crippen LogP contribution in [-0.2, 0) is 22.8 Å². The number of aromatic nitrogens is 2. The average Bonchev–Trinajstić information content (AvgIpc) is 3.18. The Bertz CT molecular complexity index is 1420. The summed E-state index contributed by atoms with van der Waals surface area (Å²) in [6.07, 6.45) is -3.80. The van der Waals surface area contributed by atoms with E-state index in [-0.39, 0.29) is 59.9 Å². The molecule has 0 spiro atoms. The van der Waals surface area contributed by atoms with E-state index in [0.29, 0.717) is 0 Å². The first-order valence-electron chi connectivity index (χ1n) is 13.1. The maximum atomic E-state index is 13.4. The molecule has 1 aliphatic rings. The summed E-state index contributed by atoms with van der Waals surface area (Å²) < 4.78 is 96.6. The van der Waals surface area contributed by atoms with E-state index in [4.69, 9.17) is 17.3 Å². The third-order valence-electron chi connectivity index (χ3n) is 7.61. The van der Waals surface area contributed by atoms with E-state index in [0.717, 1.165) is 26.2 Å². The second kappa shape index (κ2) is 12.2. The van der Waals surface area contributed by atoms with Crippen LogP contribution in [0.2, 0.25) is 5.02 Å². The molecule has 42 heavy (non-hydrogen) atoms. The van der Waals surface area contributed by atoms with Gasteiger partial charge in [-0.3, -0.25) is 9.48 Å². The molecule has 0 radical (unpaired) electrons. The molecule has 0 unspecified atom stereocenters. The second-order valence-electron chi connectivity index (χ2n) is 11.2. The van der Waals surface area contributed by atoms with Crippen molar-refractivity contribution in [1.29, 1.82) is 0 Å². The molecule has 236 valence electrons. The number of amides is 1. The van der Waals surface area contributed by atoms with Gasteiger partial charge in [-0.2, -0.15) is 27.1 Å². The first-order valence-corrected chi connectivity index (χ1v) is 15.4. The molecule has 9 nitrogen and oxygen atoms in total. The van der Waals surface area contributed by atoms with Gasteiger partial charge in [-0.25, -0.2) is 8.42 Å². The van der Waals surface area contributed by atoms with Crippen LogP contribution in [0.1, 0.15) is 56.1 Å². The minimum atomic E-state index is -4.55. The van der Waals surface area contributed by atoms with Gasteiger partial charge in [0.05, 0.1) is 27.0 Å². The fourth-order valence-corrected chi connectivity index (χ4v) is 6.32. The van der Waals surface area contributed by atoms with Crippen molar-refractivity contribution in [2.75, 3.05) is 12.8 Å². The average molecular weight is 645 g/mol. The number of ether oxygens (including phenoxy) is 1. The van der Waals surface area contributed by atoms with Crippen molar-refractivity contribution in [3.05, 3.63) is 34.5 Å². The monoisotopic (exact) mass is 644 g/mol. The summed E-state index contributed by atoms with van der Waals surface area (Å²) in [6, 6.07) is 2.73. The van der Waals surface area contributed by atoms with Gasteiger partial charge in [0.15, 0.2) is 5.69 Å². The molecule has 0 saturated heterocycles. The van der Waals surface area contributed by atoms with Crippen molar-refractivity contribution >= 4 is 27.3 Å². The molecule has 3 rings (SSSR count). The second-order valence-corrected chi connectivity index (χ2v) is 13.9. The number of aryl methyl sites for hydroxylation is 1. The third kappa shape index (κ3) is 7.34. The first kappa shape index (κ1) is 34.0. The highest BCUT2D eigenvalue weighted by molar-refractivity contribution is 7.91. The SMILES string of the molecule is CCn1nc(C(=O)NC[C@]2(O)CC[C@@H](S(C)(=O)=O)C[C@H]2N)c(Cl)c1-c1ccc(CC(C)(C)C(F)(F)F)cc1OC(F)F. The van der Waals surface area contributed by atoms with Crippen LogP contribution in [0.25, 0.3) is 11.3 Å². The molecular weight excluding hydrogens is 611 g/mol. The summed E-state index contributed by atoms with van der Waals surface area (Å²) in [7, 11) is -3.37. The molecule has 2 aromatic rings. The predicted molar refractivity (Wildman–Crippen MR) is 146 cm³/mol. The van der Waals surface area contributed by atoms with Crippen LogP contribution in [0.5, 0.6) is 5.75 Å². The summed E-state index contributed by atoms with van der Waals surface area (Å²) in [5, 5.41) is 16.7. The van der Waals surface area contributed by atoms with E-state index in [1.54, 1.807) is 6.92 Å². The van der Waals surface area contributed by atoms with Gasteiger partial charge >= 0.3 is 12.8 Å². The highest BCUT2D eigenvalue weighted by atomic mass is 35.5. The normalized spacial score (nSPS) is 21.9. The van der Waals surface area contributed by atoms with Crippen LogP contribution in [0.4, 0.5) is 22.0 Å². The van der Waals surface area contributed by atoms with Crippen molar-refractivity contribution in [1.82, 2.24) is 15.1 Å². The fourth-order valence-electron chi connectivity index (χ4n) is 4.89. The Kier molecular flexibility index (Phi) is 9.92. The van der Waals surface area contributed by atoms with E-state index in [2.05, 4.69) is 15.2 Å². The lowest BCUT2D eigenvalue weighted by molar-refractivity contribution is -0.211. The number of nitrogens with two attached hydrogens (primary N) is 1. The third-order valence-corrected chi connectivity index (χ3v) is 9.60. The van der Waals surface area contributed by atoms with Gasteiger partial charge in [-0.05, 0) is 50.3 Å². The minimum absolute atomic E-state index is 0.00360. The quantitative estimate of drug-likeness (QED) is 0.327. The largest absolute Gasteiger partial charge is 0.434 e. The predicted octanol–water partition coefficient (Wildman–Crippen LogP) is 4.34. The lowest BCUT2D eigenvalue weighted by atomic mass is 9.80. The number of hydrogen-bond donors (Lipinski definition) is 3. The van der Waals surface area contributed by atoms with Gasteiger partial charge in [0.2, 0.25) is 0 Å². The van der Waals surface area contributed by atoms with Crippen LogP contribution in [0.3, 0.4) is 0 Å². The maximum Gasteiger partial charge on any atom is 0.394 e. The van der Waals surface area contributed by atoms with E-state index in [1.807, 2.05) is 0 Å². The zero-order chi connectivity index (χ0) is 31.8. The molecule has 16 heteroatoms. The van der Waals surface area contributed by atoms with Crippen LogP contribution in [-0.4, -0.2) is 71.7 Å². The van der Waals surface area contributed by atoms with Crippen LogP contribution >= 0.6 is 11.6 Å². The summed E-state index contributed by atoms with van der Waals surface area (Å²) in [5.41, 5.74) is 2.09. The van der Waals surface area contributed by atoms with E-state index < -0.39 is 63.0 Å². The van der Waals surface area contributed by atoms with Gasteiger partial charge in [-0.15, -0.1) is 0 Å². The standard InChI is InChI=1S/C26H34ClF5N4O5S/c1-5-36-21(16-7-6-14(10-17(16)41-23(28)29)12-24(2,3)26(30,31)32)19(27)20(35-36)22(37)34-13-25(38)9-8-15(11-18(25)33)42(4,39)40/h6-7,10,15,18,23,38H,5,8-9,11-13,33H2,1-4H3,(H,34,37)/t15-,18-,25-/m1/s1. The Morgan fingerprint density at radius 3 is 2.50 bits per heavy atom. The zero-order valence-corrected chi connectivity index (χ0v) is 25.0. The zero-order valence-electron chi connectivity index (χ0n) is 23.4. The number of halogens is 6. The lowest BCUT2D eigenvalue weighted by Gasteiger charge is -2.40. The molecule has 1 aromatic heterocycles. The van der Waals surface area contributed by atoms with Crippen molar-refractivity contribution in [3.8, 4) is 17.0 Å². The van der Waals surface area contributed by atoms with E-state index >= 15 is 0 Å². The number of sulfone groups is 1. The Morgan fingerprint density at radius 1 is 1.33 bits per heavy atom. The topological polar surface area (TPSA) is 137 Å². The van der Waals surface area contributed by atoms with Gasteiger partial charge in [-0.1, -0.05) is 31.5 Å². The van der Waals surface area contributed by atoms with E-state index in [9.17, 15) is 40.3 Å². The first-order chi connectivity index (χ1) is 19.2. The number of rotatable bonds is 10. The molecule has 0 aliphatic heterocycles. The van der Waals surface area contributed by atoms with Crippen LogP contribution < -0.4 is 15.8 Å². The molecule has 1 aliphatic carbocycles. The molecule has 1 amide bonds. The van der Waals surface area contributed by atoms with Crippen molar-refractivity contribution in [3.63, 3.8) is 0 Å². The number of alkyl halides is 5. The smallest absolute Gasteiger partial charge is 0.394 e. The van der Waals surface area contributed by atoms with Crippen LogP contribution in [0.15, 0.2) is 18.2 Å². The highest BCUT2D eigenvalue weighted by Gasteiger charge is 2.47. The number of nitrogens with one attached hydrogen (secondary N) is 1. The number of aliphatic hydroxyl groups is 1. The van der Waals surface area contributed by atoms with Crippen molar-refractivity contribution in [2.24, 2.45) is 11.1 Å². The number of carbonyl (C=O) groups is 1. The molecule has 1 aromatic carbocycles. The maximum absolute atomic E-state index is 13.4. The molecule has 4 N–H and O–H groups in total. The van der Waals surface area contributed by atoms with Crippen molar-refractivity contribution < 1.29 is 45.0 Å². The summed E-state index contributed by atoms with van der Waals surface area (Å²) in [6.45, 7) is 0.104. The Hall–Kier alpha value is -2.49. The molecule has 1 fully saturated rings. The molecule has 0 bridgehead atoms. The Balaban J connectivity index is 1.91. The molecular formula is C26H34ClF5N4O5S. The Morgan fingerprint density at radius 2 is 1.98 bits per heavy atom.